The number of esters is 1. The number of hydrogen-bond donors (Lipinski definition) is 1. The van der Waals surface area contributed by atoms with E-state index in [1.54, 1.807) is 13.0 Å². The third-order valence-corrected chi connectivity index (χ3v) is 3.81. The number of ether oxygens (including phenoxy) is 1. The van der Waals surface area contributed by atoms with E-state index >= 15 is 0 Å². The van der Waals surface area contributed by atoms with Crippen LogP contribution in [-0.4, -0.2) is 41.5 Å². The van der Waals surface area contributed by atoms with E-state index in [2.05, 4.69) is 5.32 Å². The fourth-order valence-corrected chi connectivity index (χ4v) is 2.65. The molecular formula is C18H26N2O3. The molecule has 0 spiro atoms. The second-order valence-electron chi connectivity index (χ2n) is 7.01. The van der Waals surface area contributed by atoms with E-state index in [0.29, 0.717) is 11.6 Å². The average molecular weight is 318 g/mol. The first-order chi connectivity index (χ1) is 10.7. The standard InChI is InChI=1S/C18H26N2O3/c1-13(21)20-10-8-15(9-11-20)19-16-7-5-6-14(12-16)17(22)23-18(2,3)4/h5-7,12,15,19H,8-11H2,1-4H3. The van der Waals surface area contributed by atoms with E-state index in [1.807, 2.05) is 43.9 Å². The van der Waals surface area contributed by atoms with Gasteiger partial charge in [-0.2, -0.15) is 0 Å². The molecular weight excluding hydrogens is 292 g/mol. The minimum Gasteiger partial charge on any atom is -0.456 e. The van der Waals surface area contributed by atoms with E-state index in [0.717, 1.165) is 31.6 Å². The van der Waals surface area contributed by atoms with Crippen molar-refractivity contribution >= 4 is 17.6 Å². The number of nitrogens with one attached hydrogen (secondary N) is 1. The molecule has 1 heterocycles. The summed E-state index contributed by atoms with van der Waals surface area (Å²) in [5, 5.41) is 3.45. The lowest BCUT2D eigenvalue weighted by molar-refractivity contribution is -0.129. The van der Waals surface area contributed by atoms with Crippen molar-refractivity contribution in [1.82, 2.24) is 4.90 Å². The fraction of sp³-hybridized carbons (Fsp3) is 0.556. The summed E-state index contributed by atoms with van der Waals surface area (Å²) in [5.41, 5.74) is 0.959. The Hall–Kier alpha value is -2.04. The van der Waals surface area contributed by atoms with Crippen LogP contribution < -0.4 is 5.32 Å². The summed E-state index contributed by atoms with van der Waals surface area (Å²) in [6.45, 7) is 8.73. The maximum atomic E-state index is 12.1. The maximum Gasteiger partial charge on any atom is 0.338 e. The van der Waals surface area contributed by atoms with Gasteiger partial charge in [0.25, 0.3) is 0 Å². The molecule has 2 rings (SSSR count). The predicted octanol–water partition coefficient (Wildman–Crippen LogP) is 3.06. The van der Waals surface area contributed by atoms with Crippen molar-refractivity contribution in [1.29, 1.82) is 0 Å². The molecule has 126 valence electrons. The first-order valence-corrected chi connectivity index (χ1v) is 8.10. The first kappa shape index (κ1) is 17.3. The molecule has 5 nitrogen and oxygen atoms in total. The van der Waals surface area contributed by atoms with Crippen molar-refractivity contribution in [2.75, 3.05) is 18.4 Å². The maximum absolute atomic E-state index is 12.1. The molecule has 0 aromatic heterocycles. The lowest BCUT2D eigenvalue weighted by Gasteiger charge is -2.32. The highest BCUT2D eigenvalue weighted by atomic mass is 16.6. The molecule has 0 aliphatic carbocycles. The molecule has 1 fully saturated rings. The molecule has 1 amide bonds. The van der Waals surface area contributed by atoms with Crippen LogP contribution in [0.25, 0.3) is 0 Å². The molecule has 0 saturated carbocycles. The fourth-order valence-electron chi connectivity index (χ4n) is 2.65. The molecule has 1 aromatic carbocycles. The van der Waals surface area contributed by atoms with Gasteiger partial charge in [-0.05, 0) is 51.8 Å². The zero-order valence-corrected chi connectivity index (χ0v) is 14.4. The topological polar surface area (TPSA) is 58.6 Å². The molecule has 1 aliphatic heterocycles. The first-order valence-electron chi connectivity index (χ1n) is 8.10. The van der Waals surface area contributed by atoms with Crippen molar-refractivity contribution in [2.24, 2.45) is 0 Å². The summed E-state index contributed by atoms with van der Waals surface area (Å²) in [4.78, 5) is 25.4. The third kappa shape index (κ3) is 5.27. The molecule has 1 saturated heterocycles. The molecule has 0 bridgehead atoms. The number of benzene rings is 1. The highest BCUT2D eigenvalue weighted by molar-refractivity contribution is 5.90. The number of anilines is 1. The van der Waals surface area contributed by atoms with Gasteiger partial charge >= 0.3 is 5.97 Å². The number of carbonyl (C=O) groups excluding carboxylic acids is 2. The Balaban J connectivity index is 1.96. The lowest BCUT2D eigenvalue weighted by atomic mass is 10.0. The monoisotopic (exact) mass is 318 g/mol. The van der Waals surface area contributed by atoms with Gasteiger partial charge in [-0.15, -0.1) is 0 Å². The van der Waals surface area contributed by atoms with Crippen LogP contribution in [0.15, 0.2) is 24.3 Å². The molecule has 1 N–H and O–H groups in total. The summed E-state index contributed by atoms with van der Waals surface area (Å²) in [5.74, 6) is -0.178. The Morgan fingerprint density at radius 2 is 1.87 bits per heavy atom. The van der Waals surface area contributed by atoms with Crippen LogP contribution in [0.3, 0.4) is 0 Å². The molecule has 23 heavy (non-hydrogen) atoms. The smallest absolute Gasteiger partial charge is 0.338 e. The largest absolute Gasteiger partial charge is 0.456 e. The zero-order valence-electron chi connectivity index (χ0n) is 14.4. The number of hydrogen-bond acceptors (Lipinski definition) is 4. The Kier molecular flexibility index (Phi) is 5.29. The summed E-state index contributed by atoms with van der Waals surface area (Å²) < 4.78 is 5.40. The molecule has 0 atom stereocenters. The van der Waals surface area contributed by atoms with Crippen LogP contribution in [0, 0.1) is 0 Å². The number of carbonyl (C=O) groups is 2. The number of likely N-dealkylation sites (tertiary alicyclic amines) is 1. The van der Waals surface area contributed by atoms with Gasteiger partial charge in [-0.1, -0.05) is 6.07 Å². The highest BCUT2D eigenvalue weighted by Gasteiger charge is 2.21. The van der Waals surface area contributed by atoms with Gasteiger partial charge in [-0.3, -0.25) is 4.79 Å². The Bertz CT molecular complexity index is 570. The molecule has 1 aliphatic rings. The van der Waals surface area contributed by atoms with Crippen LogP contribution in [0.4, 0.5) is 5.69 Å². The van der Waals surface area contributed by atoms with E-state index in [4.69, 9.17) is 4.74 Å². The van der Waals surface area contributed by atoms with Gasteiger partial charge in [0, 0.05) is 31.7 Å². The third-order valence-electron chi connectivity index (χ3n) is 3.81. The van der Waals surface area contributed by atoms with Crippen LogP contribution in [0.1, 0.15) is 50.9 Å². The van der Waals surface area contributed by atoms with Gasteiger partial charge in [0.15, 0.2) is 0 Å². The minimum atomic E-state index is -0.500. The van der Waals surface area contributed by atoms with E-state index < -0.39 is 5.60 Å². The summed E-state index contributed by atoms with van der Waals surface area (Å²) in [6, 6.07) is 7.71. The summed E-state index contributed by atoms with van der Waals surface area (Å²) in [7, 11) is 0. The summed E-state index contributed by atoms with van der Waals surface area (Å²) >= 11 is 0. The quantitative estimate of drug-likeness (QED) is 0.870. The Labute approximate surface area is 138 Å². The van der Waals surface area contributed by atoms with Crippen molar-refractivity contribution in [3.63, 3.8) is 0 Å². The van der Waals surface area contributed by atoms with Crippen LogP contribution >= 0.6 is 0 Å². The molecule has 5 heteroatoms. The number of amides is 1. The highest BCUT2D eigenvalue weighted by Crippen LogP contribution is 2.19. The van der Waals surface area contributed by atoms with Crippen LogP contribution in [0.5, 0.6) is 0 Å². The van der Waals surface area contributed by atoms with E-state index in [1.165, 1.54) is 0 Å². The SMILES string of the molecule is CC(=O)N1CCC(Nc2cccc(C(=O)OC(C)(C)C)c2)CC1. The minimum absolute atomic E-state index is 0.135. The van der Waals surface area contributed by atoms with E-state index in [9.17, 15) is 9.59 Å². The molecule has 1 aromatic rings. The van der Waals surface area contributed by atoms with Crippen LogP contribution in [0.2, 0.25) is 0 Å². The number of rotatable bonds is 3. The average Bonchev–Trinajstić information content (AvgIpc) is 2.46. The van der Waals surface area contributed by atoms with E-state index in [-0.39, 0.29) is 11.9 Å². The van der Waals surface area contributed by atoms with Gasteiger partial charge < -0.3 is 15.0 Å². The van der Waals surface area contributed by atoms with Crippen molar-refractivity contribution < 1.29 is 14.3 Å². The van der Waals surface area contributed by atoms with Crippen molar-refractivity contribution in [2.45, 2.75) is 52.2 Å². The lowest BCUT2D eigenvalue weighted by Crippen LogP contribution is -2.41. The Morgan fingerprint density at radius 1 is 1.22 bits per heavy atom. The zero-order chi connectivity index (χ0) is 17.0. The Morgan fingerprint density at radius 3 is 2.43 bits per heavy atom. The van der Waals surface area contributed by atoms with Crippen molar-refractivity contribution in [3.8, 4) is 0 Å². The molecule has 0 unspecified atom stereocenters. The van der Waals surface area contributed by atoms with Gasteiger partial charge in [0.2, 0.25) is 5.91 Å². The van der Waals surface area contributed by atoms with Crippen LogP contribution in [-0.2, 0) is 9.53 Å². The second-order valence-corrected chi connectivity index (χ2v) is 7.01. The second kappa shape index (κ2) is 7.02. The number of piperidine rings is 1. The normalized spacial score (nSPS) is 16.1. The number of nitrogens with zero attached hydrogens (tertiary/aromatic N) is 1. The van der Waals surface area contributed by atoms with Crippen molar-refractivity contribution in [3.05, 3.63) is 29.8 Å². The van der Waals surface area contributed by atoms with Gasteiger partial charge in [0.05, 0.1) is 5.56 Å². The predicted molar refractivity (Wildman–Crippen MR) is 90.5 cm³/mol. The van der Waals surface area contributed by atoms with Gasteiger partial charge in [0.1, 0.15) is 5.60 Å². The molecule has 0 radical (unpaired) electrons. The summed E-state index contributed by atoms with van der Waals surface area (Å²) in [6.07, 6.45) is 1.83. The van der Waals surface area contributed by atoms with Gasteiger partial charge in [-0.25, -0.2) is 4.79 Å².